The molecule has 0 heterocycles. The first kappa shape index (κ1) is 15.3. The molecular formula is C13H15ClN2O3. The summed E-state index contributed by atoms with van der Waals surface area (Å²) in [5.74, 6) is -0.574. The third-order valence-electron chi connectivity index (χ3n) is 2.76. The fraction of sp³-hybridized carbons (Fsp3) is 0.385. The molecule has 0 aromatic heterocycles. The lowest BCUT2D eigenvalue weighted by Crippen LogP contribution is -2.40. The van der Waals surface area contributed by atoms with Crippen molar-refractivity contribution in [3.05, 3.63) is 28.3 Å². The molecule has 0 fully saturated rings. The van der Waals surface area contributed by atoms with E-state index in [1.165, 1.54) is 14.0 Å². The fourth-order valence-electron chi connectivity index (χ4n) is 1.60. The average Bonchev–Trinajstić information content (AvgIpc) is 2.39. The van der Waals surface area contributed by atoms with Crippen LogP contribution >= 0.6 is 11.6 Å². The van der Waals surface area contributed by atoms with Crippen LogP contribution in [0.1, 0.15) is 18.1 Å². The number of nitriles is 1. The Morgan fingerprint density at radius 3 is 2.68 bits per heavy atom. The molecule has 0 aliphatic heterocycles. The summed E-state index contributed by atoms with van der Waals surface area (Å²) in [6.45, 7) is 3.21. The monoisotopic (exact) mass is 282 g/mol. The number of ether oxygens (including phenoxy) is 1. The predicted octanol–water partition coefficient (Wildman–Crippen LogP) is 1.85. The van der Waals surface area contributed by atoms with Gasteiger partial charge in [-0.25, -0.2) is 4.79 Å². The topological polar surface area (TPSA) is 82.3 Å². The average molecular weight is 283 g/mol. The molecule has 6 heteroatoms. The van der Waals surface area contributed by atoms with Crippen molar-refractivity contribution in [1.82, 2.24) is 0 Å². The van der Waals surface area contributed by atoms with Gasteiger partial charge in [0.15, 0.2) is 6.04 Å². The van der Waals surface area contributed by atoms with Gasteiger partial charge in [0, 0.05) is 5.69 Å². The smallest absolute Gasteiger partial charge is 0.330 e. The van der Waals surface area contributed by atoms with Gasteiger partial charge in [-0.1, -0.05) is 11.6 Å². The van der Waals surface area contributed by atoms with Crippen LogP contribution in [0.2, 0.25) is 5.02 Å². The maximum Gasteiger partial charge on any atom is 0.330 e. The zero-order chi connectivity index (χ0) is 14.6. The van der Waals surface area contributed by atoms with Gasteiger partial charge in [0.25, 0.3) is 0 Å². The quantitative estimate of drug-likeness (QED) is 0.824. The Morgan fingerprint density at radius 2 is 2.21 bits per heavy atom. The van der Waals surface area contributed by atoms with Crippen LogP contribution in [0.3, 0.4) is 0 Å². The maximum absolute atomic E-state index is 11.5. The Hall–Kier alpha value is -1.77. The summed E-state index contributed by atoms with van der Waals surface area (Å²) in [4.78, 5) is 11.5. The van der Waals surface area contributed by atoms with Gasteiger partial charge >= 0.3 is 5.97 Å². The SMILES string of the molecule is COC(=O)[C@H](Nc1ccc(C#N)c(Cl)c1C)[C@@H](C)O. The number of hydrogen-bond acceptors (Lipinski definition) is 5. The number of carbonyl (C=O) groups excluding carboxylic acids is 1. The van der Waals surface area contributed by atoms with Crippen LogP contribution in [0.4, 0.5) is 5.69 Å². The summed E-state index contributed by atoms with van der Waals surface area (Å²) in [6, 6.07) is 4.26. The molecule has 0 saturated carbocycles. The first-order valence-electron chi connectivity index (χ1n) is 5.64. The molecule has 0 saturated heterocycles. The molecule has 5 nitrogen and oxygen atoms in total. The van der Waals surface area contributed by atoms with Crippen LogP contribution in [-0.2, 0) is 9.53 Å². The van der Waals surface area contributed by atoms with Crippen LogP contribution in [0, 0.1) is 18.3 Å². The van der Waals surface area contributed by atoms with Crippen LogP contribution in [0.15, 0.2) is 12.1 Å². The first-order chi connectivity index (χ1) is 8.92. The van der Waals surface area contributed by atoms with E-state index in [9.17, 15) is 9.90 Å². The molecule has 0 unspecified atom stereocenters. The number of nitrogens with zero attached hydrogens (tertiary/aromatic N) is 1. The lowest BCUT2D eigenvalue weighted by atomic mass is 10.1. The second-order valence-electron chi connectivity index (χ2n) is 4.10. The van der Waals surface area contributed by atoms with Gasteiger partial charge in [0.2, 0.25) is 0 Å². The molecule has 0 amide bonds. The van der Waals surface area contributed by atoms with Gasteiger partial charge in [-0.3, -0.25) is 0 Å². The minimum atomic E-state index is -0.929. The van der Waals surface area contributed by atoms with Gasteiger partial charge in [-0.2, -0.15) is 5.26 Å². The third kappa shape index (κ3) is 3.37. The van der Waals surface area contributed by atoms with Crippen molar-refractivity contribution in [2.24, 2.45) is 0 Å². The minimum Gasteiger partial charge on any atom is -0.467 e. The molecule has 0 bridgehead atoms. The molecule has 0 aliphatic rings. The Bertz CT molecular complexity index is 523. The van der Waals surface area contributed by atoms with E-state index >= 15 is 0 Å². The molecule has 0 aliphatic carbocycles. The normalized spacial score (nSPS) is 13.3. The highest BCUT2D eigenvalue weighted by molar-refractivity contribution is 6.32. The molecule has 2 atom stereocenters. The Balaban J connectivity index is 3.08. The van der Waals surface area contributed by atoms with Crippen molar-refractivity contribution >= 4 is 23.3 Å². The summed E-state index contributed by atoms with van der Waals surface area (Å²) >= 11 is 6.03. The largest absolute Gasteiger partial charge is 0.467 e. The second kappa shape index (κ2) is 6.41. The Labute approximate surface area is 116 Å². The molecule has 0 radical (unpaired) electrons. The zero-order valence-corrected chi connectivity index (χ0v) is 11.7. The molecule has 102 valence electrons. The number of halogens is 1. The number of anilines is 1. The molecule has 1 aromatic carbocycles. The second-order valence-corrected chi connectivity index (χ2v) is 4.48. The van der Waals surface area contributed by atoms with Crippen LogP contribution in [0.25, 0.3) is 0 Å². The van der Waals surface area contributed by atoms with E-state index in [-0.39, 0.29) is 0 Å². The summed E-state index contributed by atoms with van der Waals surface area (Å²) in [5, 5.41) is 21.6. The van der Waals surface area contributed by atoms with Crippen molar-refractivity contribution < 1.29 is 14.6 Å². The number of rotatable bonds is 4. The highest BCUT2D eigenvalue weighted by Crippen LogP contribution is 2.27. The number of aliphatic hydroxyl groups is 1. The zero-order valence-electron chi connectivity index (χ0n) is 10.9. The number of hydrogen-bond donors (Lipinski definition) is 2. The first-order valence-corrected chi connectivity index (χ1v) is 6.01. The van der Waals surface area contributed by atoms with Gasteiger partial charge in [-0.05, 0) is 31.5 Å². The van der Waals surface area contributed by atoms with E-state index in [1.54, 1.807) is 19.1 Å². The number of esters is 1. The van der Waals surface area contributed by atoms with Crippen LogP contribution in [-0.4, -0.2) is 30.3 Å². The Kier molecular flexibility index (Phi) is 5.16. The Morgan fingerprint density at radius 1 is 1.58 bits per heavy atom. The van der Waals surface area contributed by atoms with E-state index in [1.807, 2.05) is 6.07 Å². The lowest BCUT2D eigenvalue weighted by molar-refractivity contribution is -0.143. The van der Waals surface area contributed by atoms with Crippen LogP contribution in [0.5, 0.6) is 0 Å². The molecular weight excluding hydrogens is 268 g/mol. The van der Waals surface area contributed by atoms with E-state index < -0.39 is 18.1 Å². The predicted molar refractivity (Wildman–Crippen MR) is 72.0 cm³/mol. The molecule has 1 aromatic rings. The van der Waals surface area contributed by atoms with Crippen molar-refractivity contribution in [1.29, 1.82) is 5.26 Å². The number of aliphatic hydroxyl groups excluding tert-OH is 1. The van der Waals surface area contributed by atoms with Gasteiger partial charge in [-0.15, -0.1) is 0 Å². The number of benzene rings is 1. The maximum atomic E-state index is 11.5. The molecule has 0 spiro atoms. The van der Waals surface area contributed by atoms with Crippen molar-refractivity contribution in [2.45, 2.75) is 26.0 Å². The highest BCUT2D eigenvalue weighted by Gasteiger charge is 2.25. The number of nitrogens with one attached hydrogen (secondary N) is 1. The fourth-order valence-corrected chi connectivity index (χ4v) is 1.81. The lowest BCUT2D eigenvalue weighted by Gasteiger charge is -2.21. The van der Waals surface area contributed by atoms with E-state index in [0.717, 1.165) is 0 Å². The summed E-state index contributed by atoms with van der Waals surface area (Å²) in [6.07, 6.45) is -0.929. The summed E-state index contributed by atoms with van der Waals surface area (Å²) < 4.78 is 4.61. The number of carbonyl (C=O) groups is 1. The highest BCUT2D eigenvalue weighted by atomic mass is 35.5. The minimum absolute atomic E-state index is 0.321. The summed E-state index contributed by atoms with van der Waals surface area (Å²) in [5.41, 5.74) is 1.56. The van der Waals surface area contributed by atoms with Crippen molar-refractivity contribution in [3.63, 3.8) is 0 Å². The third-order valence-corrected chi connectivity index (χ3v) is 3.24. The van der Waals surface area contributed by atoms with Crippen molar-refractivity contribution in [2.75, 3.05) is 12.4 Å². The van der Waals surface area contributed by atoms with E-state index in [2.05, 4.69) is 10.1 Å². The van der Waals surface area contributed by atoms with E-state index in [0.29, 0.717) is 21.8 Å². The van der Waals surface area contributed by atoms with E-state index in [4.69, 9.17) is 16.9 Å². The number of methoxy groups -OCH3 is 1. The van der Waals surface area contributed by atoms with Crippen molar-refractivity contribution in [3.8, 4) is 6.07 Å². The molecule has 19 heavy (non-hydrogen) atoms. The van der Waals surface area contributed by atoms with Gasteiger partial charge in [0.1, 0.15) is 6.07 Å². The van der Waals surface area contributed by atoms with Gasteiger partial charge < -0.3 is 15.2 Å². The standard InChI is InChI=1S/C13H15ClN2O3/c1-7-10(5-4-9(6-15)11(7)14)16-12(8(2)17)13(18)19-3/h4-5,8,12,16-17H,1-3H3/t8-,12-/m1/s1. The summed E-state index contributed by atoms with van der Waals surface area (Å²) in [7, 11) is 1.25. The van der Waals surface area contributed by atoms with Crippen LogP contribution < -0.4 is 5.32 Å². The molecule has 1 rings (SSSR count). The van der Waals surface area contributed by atoms with Gasteiger partial charge in [0.05, 0.1) is 23.8 Å². The molecule has 2 N–H and O–H groups in total.